The molecule has 104 heavy (non-hydrogen) atoms. The molecular weight excluding hydrogens is 1330 g/mol. The molecule has 0 radical (unpaired) electrons. The van der Waals surface area contributed by atoms with Crippen molar-refractivity contribution >= 4 is 0 Å². The molecule has 20 nitrogen and oxygen atoms in total. The SMILES string of the molecule is COc1cccc(C[C@@H](CCCOCc2cc(OC)c(OC)c(OC)c2)[C@H](COCc2cc(OC)c(OC)c(OC)c2)Cc2cccc(OC)c2)c1.COc1cccc(C[C@H](CCCOCc2cc(OC)c(OC)c(OC)c2)[C@@H](COCc2cc(OC)c(OC)c(OC)c2)Cc2cccc(OC)c2)c1. The van der Waals surface area contributed by atoms with Gasteiger partial charge in [-0.15, -0.1) is 0 Å². The van der Waals surface area contributed by atoms with Crippen molar-refractivity contribution < 1.29 is 94.7 Å². The van der Waals surface area contributed by atoms with Crippen LogP contribution in [0.25, 0.3) is 0 Å². The first-order valence-electron chi connectivity index (χ1n) is 34.8. The van der Waals surface area contributed by atoms with Gasteiger partial charge in [0.2, 0.25) is 23.0 Å². The summed E-state index contributed by atoms with van der Waals surface area (Å²) in [4.78, 5) is 0. The average molecular weight is 1440 g/mol. The Hall–Kier alpha value is -9.60. The highest BCUT2D eigenvalue weighted by atomic mass is 16.6. The largest absolute Gasteiger partial charge is 0.497 e. The molecule has 0 bridgehead atoms. The molecule has 8 aromatic carbocycles. The molecule has 4 atom stereocenters. The monoisotopic (exact) mass is 1440 g/mol. The standard InChI is InChI=1S/2C42H54O10/c2*1-43-35-15-9-12-29(20-35)18-33(14-11-17-51-26-31-22-37(45-3)41(49-7)38(23-31)46-4)34(19-30-13-10-16-36(21-30)44-2)28-52-27-32-24-39(47-5)42(50-8)40(25-32)48-6/h2*9-10,12-13,15-16,20-25,33-34H,11,14,17-19,26-28H2,1-8H3/t2*33-,34+/m10/s1. The molecule has 8 aromatic rings. The van der Waals surface area contributed by atoms with Gasteiger partial charge in [0.1, 0.15) is 23.0 Å². The lowest BCUT2D eigenvalue weighted by molar-refractivity contribution is 0.0578. The fourth-order valence-electron chi connectivity index (χ4n) is 12.9. The van der Waals surface area contributed by atoms with Gasteiger partial charge >= 0.3 is 0 Å². The first-order chi connectivity index (χ1) is 50.8. The summed E-state index contributed by atoms with van der Waals surface area (Å²) in [5.41, 5.74) is 8.55. The van der Waals surface area contributed by atoms with Crippen LogP contribution in [0.4, 0.5) is 0 Å². The van der Waals surface area contributed by atoms with Crippen molar-refractivity contribution in [3.05, 3.63) is 190 Å². The number of rotatable bonds is 46. The van der Waals surface area contributed by atoms with Crippen LogP contribution < -0.4 is 75.8 Å². The van der Waals surface area contributed by atoms with Crippen LogP contribution in [-0.4, -0.2) is 140 Å². The second-order valence-corrected chi connectivity index (χ2v) is 24.8. The van der Waals surface area contributed by atoms with Crippen LogP contribution in [0, 0.1) is 23.7 Å². The van der Waals surface area contributed by atoms with Crippen molar-refractivity contribution in [3.63, 3.8) is 0 Å². The molecule has 0 spiro atoms. The van der Waals surface area contributed by atoms with Crippen molar-refractivity contribution in [2.45, 2.75) is 77.8 Å². The first-order valence-corrected chi connectivity index (χ1v) is 34.8. The summed E-state index contributed by atoms with van der Waals surface area (Å²) < 4.78 is 114. The zero-order valence-electron chi connectivity index (χ0n) is 63.6. The second kappa shape index (κ2) is 44.1. The quantitative estimate of drug-likeness (QED) is 0.0328. The Balaban J connectivity index is 0.000000291. The third-order valence-electron chi connectivity index (χ3n) is 18.2. The second-order valence-electron chi connectivity index (χ2n) is 24.8. The van der Waals surface area contributed by atoms with Crippen LogP contribution in [0.1, 0.15) is 70.2 Å². The van der Waals surface area contributed by atoms with E-state index in [1.807, 2.05) is 97.1 Å². The maximum absolute atomic E-state index is 6.52. The lowest BCUT2D eigenvalue weighted by Crippen LogP contribution is -2.25. The normalized spacial score (nSPS) is 12.1. The van der Waals surface area contributed by atoms with Gasteiger partial charge in [0.15, 0.2) is 46.0 Å². The molecule has 0 aliphatic heterocycles. The van der Waals surface area contributed by atoms with E-state index in [4.69, 9.17) is 94.7 Å². The van der Waals surface area contributed by atoms with E-state index in [0.29, 0.717) is 122 Å². The maximum Gasteiger partial charge on any atom is 0.203 e. The van der Waals surface area contributed by atoms with Gasteiger partial charge in [0.25, 0.3) is 0 Å². The zero-order valence-corrected chi connectivity index (χ0v) is 63.6. The van der Waals surface area contributed by atoms with E-state index in [0.717, 1.165) is 96.6 Å². The fraction of sp³-hybridized carbons (Fsp3) is 0.429. The lowest BCUT2D eigenvalue weighted by atomic mass is 9.80. The van der Waals surface area contributed by atoms with Crippen LogP contribution in [-0.2, 0) is 71.1 Å². The molecule has 564 valence electrons. The number of hydrogen-bond acceptors (Lipinski definition) is 20. The Morgan fingerprint density at radius 1 is 0.221 bits per heavy atom. The molecule has 20 heteroatoms. The van der Waals surface area contributed by atoms with Crippen molar-refractivity contribution in [3.8, 4) is 92.0 Å². The van der Waals surface area contributed by atoms with E-state index >= 15 is 0 Å². The van der Waals surface area contributed by atoms with Crippen molar-refractivity contribution in [1.82, 2.24) is 0 Å². The Morgan fingerprint density at radius 2 is 0.442 bits per heavy atom. The van der Waals surface area contributed by atoms with Crippen LogP contribution >= 0.6 is 0 Å². The van der Waals surface area contributed by atoms with Gasteiger partial charge < -0.3 is 94.7 Å². The number of benzene rings is 8. The summed E-state index contributed by atoms with van der Waals surface area (Å²) in [6.45, 7) is 3.85. The zero-order chi connectivity index (χ0) is 74.6. The minimum Gasteiger partial charge on any atom is -0.497 e. The van der Waals surface area contributed by atoms with Crippen LogP contribution in [0.5, 0.6) is 92.0 Å². The molecule has 0 amide bonds. The van der Waals surface area contributed by atoms with E-state index < -0.39 is 0 Å². The van der Waals surface area contributed by atoms with Gasteiger partial charge in [0.05, 0.1) is 153 Å². The minimum atomic E-state index is 0.176. The van der Waals surface area contributed by atoms with E-state index in [9.17, 15) is 0 Å². The van der Waals surface area contributed by atoms with Crippen LogP contribution in [0.15, 0.2) is 146 Å². The van der Waals surface area contributed by atoms with E-state index in [-0.39, 0.29) is 23.7 Å². The molecule has 0 aromatic heterocycles. The average Bonchev–Trinajstić information content (AvgIpc) is 0.857. The van der Waals surface area contributed by atoms with Crippen LogP contribution in [0.3, 0.4) is 0 Å². The predicted molar refractivity (Wildman–Crippen MR) is 402 cm³/mol. The van der Waals surface area contributed by atoms with Gasteiger partial charge in [-0.2, -0.15) is 0 Å². The topological polar surface area (TPSA) is 185 Å². The maximum atomic E-state index is 6.52. The van der Waals surface area contributed by atoms with E-state index in [1.165, 1.54) is 22.3 Å². The molecule has 0 aliphatic carbocycles. The summed E-state index contributed by atoms with van der Waals surface area (Å²) >= 11 is 0. The molecular formula is C84H108O20. The predicted octanol–water partition coefficient (Wildman–Crippen LogP) is 16.0. The number of hydrogen-bond donors (Lipinski definition) is 0. The fourth-order valence-corrected chi connectivity index (χ4v) is 12.9. The Bertz CT molecular complexity index is 3490. The molecule has 0 N–H and O–H groups in total. The van der Waals surface area contributed by atoms with E-state index in [2.05, 4.69) is 48.5 Å². The van der Waals surface area contributed by atoms with Gasteiger partial charge in [-0.05, 0) is 217 Å². The first kappa shape index (κ1) is 81.7. The summed E-state index contributed by atoms with van der Waals surface area (Å²) in [6, 6.07) is 48.5. The molecule has 0 saturated carbocycles. The van der Waals surface area contributed by atoms with Crippen molar-refractivity contribution in [1.29, 1.82) is 0 Å². The Kier molecular flexibility index (Phi) is 34.7. The lowest BCUT2D eigenvalue weighted by Gasteiger charge is -2.28. The smallest absolute Gasteiger partial charge is 0.203 e. The van der Waals surface area contributed by atoms with Gasteiger partial charge in [-0.1, -0.05) is 48.5 Å². The summed E-state index contributed by atoms with van der Waals surface area (Å²) in [5, 5.41) is 0. The molecule has 0 unspecified atom stereocenters. The van der Waals surface area contributed by atoms with Crippen molar-refractivity contribution in [2.75, 3.05) is 140 Å². The highest BCUT2D eigenvalue weighted by molar-refractivity contribution is 5.56. The van der Waals surface area contributed by atoms with Gasteiger partial charge in [0, 0.05) is 13.2 Å². The molecule has 0 fully saturated rings. The van der Waals surface area contributed by atoms with E-state index in [1.54, 1.807) is 114 Å². The summed E-state index contributed by atoms with van der Waals surface area (Å²) in [6.07, 6.45) is 6.91. The molecule has 8 rings (SSSR count). The number of ether oxygens (including phenoxy) is 20. The van der Waals surface area contributed by atoms with Gasteiger partial charge in [-0.3, -0.25) is 0 Å². The Morgan fingerprint density at radius 3 is 0.654 bits per heavy atom. The van der Waals surface area contributed by atoms with Gasteiger partial charge in [-0.25, -0.2) is 0 Å². The summed E-state index contributed by atoms with van der Waals surface area (Å²) in [7, 11) is 26.1. The minimum absolute atomic E-state index is 0.176. The molecule has 0 heterocycles. The van der Waals surface area contributed by atoms with Crippen molar-refractivity contribution in [2.24, 2.45) is 23.7 Å². The third-order valence-corrected chi connectivity index (χ3v) is 18.2. The molecule has 0 aliphatic rings. The van der Waals surface area contributed by atoms with Crippen LogP contribution in [0.2, 0.25) is 0 Å². The highest BCUT2D eigenvalue weighted by Gasteiger charge is 2.27. The third kappa shape index (κ3) is 24.3. The number of methoxy groups -OCH3 is 16. The molecule has 0 saturated heterocycles. The highest BCUT2D eigenvalue weighted by Crippen LogP contribution is 2.43. The Labute approximate surface area is 615 Å². The summed E-state index contributed by atoms with van der Waals surface area (Å²) in [5.74, 6) is 11.2.